The molecule has 0 radical (unpaired) electrons. The van der Waals surface area contributed by atoms with Crippen molar-refractivity contribution in [3.63, 3.8) is 0 Å². The number of rotatable bonds is 4. The second kappa shape index (κ2) is 8.53. The highest BCUT2D eigenvalue weighted by atomic mass is 35.5. The van der Waals surface area contributed by atoms with Gasteiger partial charge in [0.2, 0.25) is 5.91 Å². The predicted molar refractivity (Wildman–Crippen MR) is 117 cm³/mol. The minimum absolute atomic E-state index is 0.143. The number of carbonyl (C=O) groups excluding carboxylic acids is 2. The van der Waals surface area contributed by atoms with Crippen molar-refractivity contribution in [2.24, 2.45) is 0 Å². The number of nitrogens with one attached hydrogen (secondary N) is 2. The van der Waals surface area contributed by atoms with E-state index in [2.05, 4.69) is 15.6 Å². The molecule has 1 aromatic heterocycles. The van der Waals surface area contributed by atoms with Crippen LogP contribution < -0.4 is 10.6 Å². The van der Waals surface area contributed by atoms with Crippen LogP contribution >= 0.6 is 34.5 Å². The van der Waals surface area contributed by atoms with E-state index in [0.29, 0.717) is 32.8 Å². The van der Waals surface area contributed by atoms with Crippen molar-refractivity contribution in [1.82, 2.24) is 4.98 Å². The van der Waals surface area contributed by atoms with Crippen molar-refractivity contribution in [1.29, 1.82) is 0 Å². The molecule has 1 aliphatic rings. The van der Waals surface area contributed by atoms with Gasteiger partial charge in [-0.15, -0.1) is 11.3 Å². The van der Waals surface area contributed by atoms with Gasteiger partial charge in [0.05, 0.1) is 21.7 Å². The number of carbonyl (C=O) groups is 2. The van der Waals surface area contributed by atoms with Crippen LogP contribution in [0.2, 0.25) is 10.0 Å². The van der Waals surface area contributed by atoms with E-state index in [1.807, 2.05) is 18.2 Å². The number of benzene rings is 2. The Morgan fingerprint density at radius 1 is 1.03 bits per heavy atom. The summed E-state index contributed by atoms with van der Waals surface area (Å²) >= 11 is 13.4. The van der Waals surface area contributed by atoms with Crippen LogP contribution in [0.3, 0.4) is 0 Å². The topological polar surface area (TPSA) is 71.1 Å². The summed E-state index contributed by atoms with van der Waals surface area (Å²) in [5, 5.41) is 7.06. The number of aromatic nitrogens is 1. The van der Waals surface area contributed by atoms with Gasteiger partial charge in [-0.05, 0) is 49.6 Å². The molecule has 1 unspecified atom stereocenters. The smallest absolute Gasteiger partial charge is 0.257 e. The molecule has 1 atom stereocenters. The molecule has 2 amide bonds. The summed E-state index contributed by atoms with van der Waals surface area (Å²) in [6, 6.07) is 13.9. The fourth-order valence-electron chi connectivity index (χ4n) is 3.29. The normalized spacial score (nSPS) is 15.4. The Hall–Kier alpha value is -2.41. The molecule has 29 heavy (non-hydrogen) atoms. The lowest BCUT2D eigenvalue weighted by Crippen LogP contribution is -2.24. The molecule has 2 N–H and O–H groups in total. The summed E-state index contributed by atoms with van der Waals surface area (Å²) in [7, 11) is 0. The SMILES string of the molecule is O=C(Nc1nc2c(s1)CCCC2C(=O)Nc1ccc(Cl)c(Cl)c1)c1ccccc1. The van der Waals surface area contributed by atoms with Crippen LogP contribution in [0.4, 0.5) is 10.8 Å². The zero-order valence-electron chi connectivity index (χ0n) is 15.2. The Morgan fingerprint density at radius 3 is 2.59 bits per heavy atom. The summed E-state index contributed by atoms with van der Waals surface area (Å²) in [5.74, 6) is -0.726. The fourth-order valence-corrected chi connectivity index (χ4v) is 4.65. The first-order valence-corrected chi connectivity index (χ1v) is 10.7. The van der Waals surface area contributed by atoms with Gasteiger partial charge in [0.15, 0.2) is 5.13 Å². The molecule has 0 spiro atoms. The third-order valence-corrected chi connectivity index (χ3v) is 6.50. The molecule has 0 aliphatic heterocycles. The first-order chi connectivity index (χ1) is 14.0. The number of amides is 2. The van der Waals surface area contributed by atoms with Gasteiger partial charge in [0.1, 0.15) is 0 Å². The molecule has 8 heteroatoms. The van der Waals surface area contributed by atoms with Gasteiger partial charge in [0.25, 0.3) is 5.91 Å². The lowest BCUT2D eigenvalue weighted by molar-refractivity contribution is -0.117. The number of hydrogen-bond donors (Lipinski definition) is 2. The first-order valence-electron chi connectivity index (χ1n) is 9.13. The lowest BCUT2D eigenvalue weighted by Gasteiger charge is -2.20. The van der Waals surface area contributed by atoms with E-state index in [1.54, 1.807) is 30.3 Å². The molecule has 2 aromatic carbocycles. The van der Waals surface area contributed by atoms with Crippen LogP contribution in [0.15, 0.2) is 48.5 Å². The van der Waals surface area contributed by atoms with Gasteiger partial charge in [-0.1, -0.05) is 41.4 Å². The van der Waals surface area contributed by atoms with Crippen molar-refractivity contribution < 1.29 is 9.59 Å². The highest BCUT2D eigenvalue weighted by molar-refractivity contribution is 7.16. The monoisotopic (exact) mass is 445 g/mol. The van der Waals surface area contributed by atoms with Gasteiger partial charge < -0.3 is 5.32 Å². The zero-order chi connectivity index (χ0) is 20.4. The Labute approximate surface area is 182 Å². The molecular weight excluding hydrogens is 429 g/mol. The minimum atomic E-state index is -0.369. The summed E-state index contributed by atoms with van der Waals surface area (Å²) in [4.78, 5) is 30.9. The number of nitrogens with zero attached hydrogens (tertiary/aromatic N) is 1. The molecule has 0 bridgehead atoms. The Bertz CT molecular complexity index is 1070. The highest BCUT2D eigenvalue weighted by Gasteiger charge is 2.30. The van der Waals surface area contributed by atoms with Gasteiger partial charge in [0, 0.05) is 16.1 Å². The van der Waals surface area contributed by atoms with Gasteiger partial charge in [-0.2, -0.15) is 0 Å². The van der Waals surface area contributed by atoms with Crippen molar-refractivity contribution in [2.75, 3.05) is 10.6 Å². The maximum atomic E-state index is 12.9. The number of halogens is 2. The molecule has 3 aromatic rings. The van der Waals surface area contributed by atoms with E-state index in [1.165, 1.54) is 11.3 Å². The van der Waals surface area contributed by atoms with Crippen molar-refractivity contribution in [2.45, 2.75) is 25.2 Å². The first kappa shape index (κ1) is 19.9. The van der Waals surface area contributed by atoms with E-state index < -0.39 is 0 Å². The summed E-state index contributed by atoms with van der Waals surface area (Å²) in [6.45, 7) is 0. The number of aryl methyl sites for hydroxylation is 1. The van der Waals surface area contributed by atoms with E-state index in [0.717, 1.165) is 23.4 Å². The number of fused-ring (bicyclic) bond motifs is 1. The molecule has 5 nitrogen and oxygen atoms in total. The van der Waals surface area contributed by atoms with Crippen LogP contribution in [0, 0.1) is 0 Å². The largest absolute Gasteiger partial charge is 0.325 e. The molecule has 4 rings (SSSR count). The number of hydrogen-bond acceptors (Lipinski definition) is 4. The third kappa shape index (κ3) is 4.45. The molecule has 0 fully saturated rings. The van der Waals surface area contributed by atoms with Crippen LogP contribution in [0.5, 0.6) is 0 Å². The van der Waals surface area contributed by atoms with Gasteiger partial charge >= 0.3 is 0 Å². The molecule has 1 aliphatic carbocycles. The third-order valence-electron chi connectivity index (χ3n) is 4.71. The maximum absolute atomic E-state index is 12.9. The molecule has 1 heterocycles. The quantitative estimate of drug-likeness (QED) is 0.535. The van der Waals surface area contributed by atoms with Gasteiger partial charge in [-0.3, -0.25) is 14.9 Å². The lowest BCUT2D eigenvalue weighted by atomic mass is 9.90. The van der Waals surface area contributed by atoms with E-state index in [9.17, 15) is 9.59 Å². The standard InChI is InChI=1S/C21H17Cl2N3O2S/c22-15-10-9-13(11-16(15)23)24-20(28)14-7-4-8-17-18(14)25-21(29-17)26-19(27)12-5-2-1-3-6-12/h1-3,5-6,9-11,14H,4,7-8H2,(H,24,28)(H,25,26,27). The van der Waals surface area contributed by atoms with Crippen molar-refractivity contribution in [3.8, 4) is 0 Å². The average molecular weight is 446 g/mol. The van der Waals surface area contributed by atoms with E-state index in [4.69, 9.17) is 23.2 Å². The highest BCUT2D eigenvalue weighted by Crippen LogP contribution is 2.37. The van der Waals surface area contributed by atoms with E-state index >= 15 is 0 Å². The van der Waals surface area contributed by atoms with Crippen LogP contribution in [0.1, 0.15) is 39.7 Å². The Balaban J connectivity index is 1.51. The second-order valence-electron chi connectivity index (χ2n) is 6.71. The Kier molecular flexibility index (Phi) is 5.85. The number of thiazole rings is 1. The minimum Gasteiger partial charge on any atom is -0.325 e. The summed E-state index contributed by atoms with van der Waals surface area (Å²) in [5.41, 5.74) is 1.89. The predicted octanol–water partition coefficient (Wildman–Crippen LogP) is 5.76. The van der Waals surface area contributed by atoms with Crippen LogP contribution in [0.25, 0.3) is 0 Å². The van der Waals surface area contributed by atoms with Crippen LogP contribution in [-0.2, 0) is 11.2 Å². The van der Waals surface area contributed by atoms with Crippen LogP contribution in [-0.4, -0.2) is 16.8 Å². The molecular formula is C21H17Cl2N3O2S. The maximum Gasteiger partial charge on any atom is 0.257 e. The summed E-state index contributed by atoms with van der Waals surface area (Å²) < 4.78 is 0. The fraction of sp³-hybridized carbons (Fsp3) is 0.190. The van der Waals surface area contributed by atoms with Crippen molar-refractivity contribution >= 4 is 57.2 Å². The second-order valence-corrected chi connectivity index (χ2v) is 8.61. The number of anilines is 2. The molecule has 0 saturated carbocycles. The molecule has 0 saturated heterocycles. The average Bonchev–Trinajstić information content (AvgIpc) is 3.13. The molecule has 148 valence electrons. The van der Waals surface area contributed by atoms with E-state index in [-0.39, 0.29) is 17.7 Å². The Morgan fingerprint density at radius 2 is 1.83 bits per heavy atom. The van der Waals surface area contributed by atoms with Crippen molar-refractivity contribution in [3.05, 3.63) is 74.7 Å². The summed E-state index contributed by atoms with van der Waals surface area (Å²) in [6.07, 6.45) is 2.45. The van der Waals surface area contributed by atoms with Gasteiger partial charge in [-0.25, -0.2) is 4.98 Å². The zero-order valence-corrected chi connectivity index (χ0v) is 17.6.